The first-order chi connectivity index (χ1) is 16.4. The third-order valence-corrected chi connectivity index (χ3v) is 9.06. The summed E-state index contributed by atoms with van der Waals surface area (Å²) in [5.41, 5.74) is 4.34. The van der Waals surface area contributed by atoms with Crippen molar-refractivity contribution >= 4 is 26.8 Å². The van der Waals surface area contributed by atoms with E-state index in [2.05, 4.69) is 10.3 Å². The standard InChI is InChI=1S/C26H30FN3O3S/c27-20-8-6-18(7-9-20)17-28-26(31)19-12-14-30(15-13-19)34(32,33)21-10-11-25-23(16-21)22-4-2-1-3-5-24(22)29-25/h6-11,16,19,29H,1-5,12-15,17H2,(H,28,31). The molecule has 0 spiro atoms. The van der Waals surface area contributed by atoms with Crippen LogP contribution in [0.4, 0.5) is 4.39 Å². The predicted molar refractivity (Wildman–Crippen MR) is 129 cm³/mol. The fraction of sp³-hybridized carbons (Fsp3) is 0.423. The van der Waals surface area contributed by atoms with Crippen LogP contribution < -0.4 is 5.32 Å². The summed E-state index contributed by atoms with van der Waals surface area (Å²) in [4.78, 5) is 16.4. The number of benzene rings is 2. The number of piperidine rings is 1. The molecule has 2 N–H and O–H groups in total. The Morgan fingerprint density at radius 3 is 2.53 bits per heavy atom. The smallest absolute Gasteiger partial charge is 0.243 e. The fourth-order valence-corrected chi connectivity index (χ4v) is 6.66. The lowest BCUT2D eigenvalue weighted by Crippen LogP contribution is -2.42. The Labute approximate surface area is 199 Å². The van der Waals surface area contributed by atoms with E-state index in [1.807, 2.05) is 12.1 Å². The number of fused-ring (bicyclic) bond motifs is 3. The van der Waals surface area contributed by atoms with E-state index in [0.29, 0.717) is 37.4 Å². The van der Waals surface area contributed by atoms with E-state index in [1.54, 1.807) is 18.2 Å². The van der Waals surface area contributed by atoms with Gasteiger partial charge in [-0.2, -0.15) is 4.31 Å². The van der Waals surface area contributed by atoms with Crippen molar-refractivity contribution < 1.29 is 17.6 Å². The van der Waals surface area contributed by atoms with E-state index >= 15 is 0 Å². The summed E-state index contributed by atoms with van der Waals surface area (Å²) in [6, 6.07) is 11.4. The molecule has 5 rings (SSSR count). The molecule has 2 heterocycles. The van der Waals surface area contributed by atoms with Crippen LogP contribution in [-0.4, -0.2) is 36.7 Å². The third-order valence-electron chi connectivity index (χ3n) is 7.16. The van der Waals surface area contributed by atoms with Crippen molar-refractivity contribution in [1.82, 2.24) is 14.6 Å². The van der Waals surface area contributed by atoms with Gasteiger partial charge in [0.15, 0.2) is 0 Å². The number of sulfonamides is 1. The number of hydrogen-bond acceptors (Lipinski definition) is 3. The van der Waals surface area contributed by atoms with E-state index in [1.165, 1.54) is 34.1 Å². The molecule has 3 aromatic rings. The van der Waals surface area contributed by atoms with Gasteiger partial charge in [0.2, 0.25) is 15.9 Å². The van der Waals surface area contributed by atoms with Gasteiger partial charge >= 0.3 is 0 Å². The maximum Gasteiger partial charge on any atom is 0.243 e. The van der Waals surface area contributed by atoms with E-state index in [-0.39, 0.29) is 17.6 Å². The van der Waals surface area contributed by atoms with Crippen molar-refractivity contribution in [3.05, 3.63) is 65.1 Å². The van der Waals surface area contributed by atoms with Crippen LogP contribution in [0.25, 0.3) is 10.9 Å². The first kappa shape index (κ1) is 23.1. The molecule has 1 amide bonds. The zero-order valence-corrected chi connectivity index (χ0v) is 20.0. The van der Waals surface area contributed by atoms with Crippen LogP contribution in [0, 0.1) is 11.7 Å². The summed E-state index contributed by atoms with van der Waals surface area (Å²) in [5, 5.41) is 3.91. The lowest BCUT2D eigenvalue weighted by atomic mass is 9.97. The molecule has 8 heteroatoms. The maximum atomic E-state index is 13.4. The lowest BCUT2D eigenvalue weighted by Gasteiger charge is -2.30. The molecule has 6 nitrogen and oxygen atoms in total. The molecule has 2 aromatic carbocycles. The second kappa shape index (κ2) is 9.50. The maximum absolute atomic E-state index is 13.4. The van der Waals surface area contributed by atoms with Crippen molar-refractivity contribution in [1.29, 1.82) is 0 Å². The average molecular weight is 484 g/mol. The molecular weight excluding hydrogens is 453 g/mol. The van der Waals surface area contributed by atoms with Crippen LogP contribution in [-0.2, 0) is 34.2 Å². The third kappa shape index (κ3) is 4.61. The highest BCUT2D eigenvalue weighted by molar-refractivity contribution is 7.89. The monoisotopic (exact) mass is 483 g/mol. The summed E-state index contributed by atoms with van der Waals surface area (Å²) < 4.78 is 41.3. The molecule has 180 valence electrons. The number of nitrogens with zero attached hydrogens (tertiary/aromatic N) is 1. The first-order valence-electron chi connectivity index (χ1n) is 12.1. The number of carbonyl (C=O) groups is 1. The summed E-state index contributed by atoms with van der Waals surface area (Å²) in [7, 11) is -3.62. The Kier molecular flexibility index (Phi) is 6.44. The number of nitrogens with one attached hydrogen (secondary N) is 2. The summed E-state index contributed by atoms with van der Waals surface area (Å²) in [6.07, 6.45) is 6.46. The Morgan fingerprint density at radius 2 is 1.76 bits per heavy atom. The van der Waals surface area contributed by atoms with Gasteiger partial charge in [0.1, 0.15) is 5.82 Å². The highest BCUT2D eigenvalue weighted by Crippen LogP contribution is 2.32. The summed E-state index contributed by atoms with van der Waals surface area (Å²) in [5.74, 6) is -0.623. The van der Waals surface area contributed by atoms with Crippen molar-refractivity contribution in [3.63, 3.8) is 0 Å². The molecule has 0 unspecified atom stereocenters. The quantitative estimate of drug-likeness (QED) is 0.531. The van der Waals surface area contributed by atoms with Crippen LogP contribution in [0.15, 0.2) is 47.4 Å². The number of halogens is 1. The van der Waals surface area contributed by atoms with Crippen molar-refractivity contribution in [2.75, 3.05) is 13.1 Å². The topological polar surface area (TPSA) is 82.3 Å². The van der Waals surface area contributed by atoms with Gasteiger partial charge in [0.25, 0.3) is 0 Å². The second-order valence-electron chi connectivity index (χ2n) is 9.37. The molecule has 0 saturated carbocycles. The minimum absolute atomic E-state index is 0.0854. The number of hydrogen-bond donors (Lipinski definition) is 2. The van der Waals surface area contributed by atoms with Crippen LogP contribution in [0.2, 0.25) is 0 Å². The van der Waals surface area contributed by atoms with Gasteiger partial charge < -0.3 is 10.3 Å². The van der Waals surface area contributed by atoms with Crippen molar-refractivity contribution in [3.8, 4) is 0 Å². The van der Waals surface area contributed by atoms with Crippen LogP contribution in [0.5, 0.6) is 0 Å². The Balaban J connectivity index is 1.24. The largest absolute Gasteiger partial charge is 0.358 e. The van der Waals surface area contributed by atoms with Gasteiger partial charge in [-0.1, -0.05) is 18.6 Å². The SMILES string of the molecule is O=C(NCc1ccc(F)cc1)C1CCN(S(=O)(=O)c2ccc3[nH]c4c(c3c2)CCCCC4)CC1. The van der Waals surface area contributed by atoms with E-state index in [0.717, 1.165) is 42.1 Å². The minimum Gasteiger partial charge on any atom is -0.358 e. The number of carbonyl (C=O) groups excluding carboxylic acids is 1. The summed E-state index contributed by atoms with van der Waals surface area (Å²) >= 11 is 0. The van der Waals surface area contributed by atoms with Crippen LogP contribution in [0.1, 0.15) is 48.9 Å². The number of H-pyrrole nitrogens is 1. The molecule has 1 aliphatic heterocycles. The summed E-state index contributed by atoms with van der Waals surface area (Å²) in [6.45, 7) is 0.971. The van der Waals surface area contributed by atoms with E-state index < -0.39 is 10.0 Å². The Morgan fingerprint density at radius 1 is 1.03 bits per heavy atom. The molecule has 0 bridgehead atoms. The Hall–Kier alpha value is -2.71. The number of rotatable bonds is 5. The number of aryl methyl sites for hydroxylation is 2. The highest BCUT2D eigenvalue weighted by Gasteiger charge is 2.32. The molecule has 1 aromatic heterocycles. The molecule has 0 atom stereocenters. The molecule has 0 radical (unpaired) electrons. The number of amides is 1. The normalized spacial score (nSPS) is 17.9. The predicted octanol–water partition coefficient (Wildman–Crippen LogP) is 4.29. The molecule has 2 aliphatic rings. The van der Waals surface area contributed by atoms with Crippen LogP contribution in [0.3, 0.4) is 0 Å². The van der Waals surface area contributed by atoms with Gasteiger partial charge in [-0.3, -0.25) is 4.79 Å². The van der Waals surface area contributed by atoms with Crippen molar-refractivity contribution in [2.45, 2.75) is 56.4 Å². The van der Waals surface area contributed by atoms with Crippen LogP contribution >= 0.6 is 0 Å². The molecular formula is C26H30FN3O3S. The van der Waals surface area contributed by atoms with Gasteiger partial charge in [-0.15, -0.1) is 0 Å². The lowest BCUT2D eigenvalue weighted by molar-refractivity contribution is -0.126. The number of aromatic nitrogens is 1. The van der Waals surface area contributed by atoms with Crippen molar-refractivity contribution in [2.24, 2.45) is 5.92 Å². The average Bonchev–Trinajstić information content (AvgIpc) is 3.03. The molecule has 1 saturated heterocycles. The minimum atomic E-state index is -3.62. The van der Waals surface area contributed by atoms with Gasteiger partial charge in [0, 0.05) is 42.1 Å². The van der Waals surface area contributed by atoms with Gasteiger partial charge in [0.05, 0.1) is 4.90 Å². The zero-order valence-electron chi connectivity index (χ0n) is 19.1. The Bertz CT molecular complexity index is 1290. The molecule has 1 aliphatic carbocycles. The molecule has 1 fully saturated rings. The highest BCUT2D eigenvalue weighted by atomic mass is 32.2. The van der Waals surface area contributed by atoms with Gasteiger partial charge in [-0.05, 0) is 80.0 Å². The van der Waals surface area contributed by atoms with E-state index in [9.17, 15) is 17.6 Å². The molecule has 34 heavy (non-hydrogen) atoms. The second-order valence-corrected chi connectivity index (χ2v) is 11.3. The van der Waals surface area contributed by atoms with Gasteiger partial charge in [-0.25, -0.2) is 12.8 Å². The first-order valence-corrected chi connectivity index (χ1v) is 13.5. The number of aromatic amines is 1. The fourth-order valence-electron chi connectivity index (χ4n) is 5.17. The van der Waals surface area contributed by atoms with E-state index in [4.69, 9.17) is 0 Å². The zero-order chi connectivity index (χ0) is 23.7.